The first-order valence-electron chi connectivity index (χ1n) is 6.19. The fourth-order valence-corrected chi connectivity index (χ4v) is 1.47. The van der Waals surface area contributed by atoms with Gasteiger partial charge in [-0.3, -0.25) is 4.79 Å². The second-order valence-electron chi connectivity index (χ2n) is 4.89. The maximum absolute atomic E-state index is 11.4. The number of amides is 1. The normalized spacial score (nSPS) is 11.2. The Balaban J connectivity index is 2.63. The van der Waals surface area contributed by atoms with Gasteiger partial charge in [-0.1, -0.05) is 0 Å². The molecule has 0 aromatic heterocycles. The average molecular weight is 266 g/mol. The van der Waals surface area contributed by atoms with Crippen LogP contribution in [0.5, 0.6) is 5.75 Å². The monoisotopic (exact) mass is 266 g/mol. The number of ether oxygens (including phenoxy) is 2. The van der Waals surface area contributed by atoms with Crippen molar-refractivity contribution in [2.75, 3.05) is 26.5 Å². The highest BCUT2D eigenvalue weighted by atomic mass is 16.5. The Bertz CT molecular complexity index is 444. The molecule has 0 fully saturated rings. The molecule has 0 radical (unpaired) electrons. The number of methoxy groups -OCH3 is 1. The molecule has 3 N–H and O–H groups in total. The van der Waals surface area contributed by atoms with Crippen molar-refractivity contribution < 1.29 is 14.3 Å². The Labute approximate surface area is 114 Å². The summed E-state index contributed by atoms with van der Waals surface area (Å²) >= 11 is 0. The summed E-state index contributed by atoms with van der Waals surface area (Å²) in [6, 6.07) is 5.00. The molecule has 1 aromatic carbocycles. The quantitative estimate of drug-likeness (QED) is 0.770. The standard InChI is InChI=1S/C14H22N2O3/c1-14(2,18-4)7-8-19-12-6-5-10(9-11(12)15)13(17)16-3/h5-6,9H,7-8,15H2,1-4H3,(H,16,17). The third-order valence-electron chi connectivity index (χ3n) is 3.01. The van der Waals surface area contributed by atoms with Crippen LogP contribution in [0.25, 0.3) is 0 Å². The number of benzene rings is 1. The number of carbonyl (C=O) groups is 1. The molecule has 0 saturated heterocycles. The van der Waals surface area contributed by atoms with Gasteiger partial charge in [0.2, 0.25) is 0 Å². The second-order valence-corrected chi connectivity index (χ2v) is 4.89. The van der Waals surface area contributed by atoms with Gasteiger partial charge in [0.1, 0.15) is 5.75 Å². The number of nitrogens with one attached hydrogen (secondary N) is 1. The van der Waals surface area contributed by atoms with Gasteiger partial charge >= 0.3 is 0 Å². The lowest BCUT2D eigenvalue weighted by molar-refractivity contribution is 0.00551. The van der Waals surface area contributed by atoms with Gasteiger partial charge in [-0.15, -0.1) is 0 Å². The molecule has 5 heteroatoms. The molecule has 0 unspecified atom stereocenters. The van der Waals surface area contributed by atoms with Crippen molar-refractivity contribution in [3.8, 4) is 5.75 Å². The Kier molecular flexibility index (Phi) is 5.18. The van der Waals surface area contributed by atoms with E-state index in [1.807, 2.05) is 13.8 Å². The average Bonchev–Trinajstić information content (AvgIpc) is 2.39. The first-order chi connectivity index (χ1) is 8.89. The van der Waals surface area contributed by atoms with Crippen LogP contribution in [0.15, 0.2) is 18.2 Å². The fraction of sp³-hybridized carbons (Fsp3) is 0.500. The second kappa shape index (κ2) is 6.43. The van der Waals surface area contributed by atoms with Crippen LogP contribution in [0.3, 0.4) is 0 Å². The third-order valence-corrected chi connectivity index (χ3v) is 3.01. The number of anilines is 1. The Morgan fingerprint density at radius 3 is 2.63 bits per heavy atom. The Hall–Kier alpha value is -1.75. The summed E-state index contributed by atoms with van der Waals surface area (Å²) in [6.07, 6.45) is 0.750. The first-order valence-corrected chi connectivity index (χ1v) is 6.19. The predicted octanol–water partition coefficient (Wildman–Crippen LogP) is 1.82. The number of hydrogen-bond donors (Lipinski definition) is 2. The largest absolute Gasteiger partial charge is 0.491 e. The minimum absolute atomic E-state index is 0.168. The molecule has 0 bridgehead atoms. The van der Waals surface area contributed by atoms with Crippen molar-refractivity contribution in [3.63, 3.8) is 0 Å². The molecule has 0 atom stereocenters. The van der Waals surface area contributed by atoms with Crippen LogP contribution >= 0.6 is 0 Å². The zero-order valence-electron chi connectivity index (χ0n) is 11.9. The van der Waals surface area contributed by atoms with E-state index < -0.39 is 0 Å². The molecule has 1 aromatic rings. The molecule has 0 aliphatic rings. The van der Waals surface area contributed by atoms with E-state index in [1.165, 1.54) is 0 Å². The lowest BCUT2D eigenvalue weighted by Gasteiger charge is -2.22. The van der Waals surface area contributed by atoms with Crippen molar-refractivity contribution >= 4 is 11.6 Å². The van der Waals surface area contributed by atoms with Gasteiger partial charge in [0, 0.05) is 26.1 Å². The molecule has 0 aliphatic heterocycles. The highest BCUT2D eigenvalue weighted by molar-refractivity contribution is 5.95. The zero-order chi connectivity index (χ0) is 14.5. The first kappa shape index (κ1) is 15.3. The van der Waals surface area contributed by atoms with E-state index in [4.69, 9.17) is 15.2 Å². The van der Waals surface area contributed by atoms with E-state index in [-0.39, 0.29) is 11.5 Å². The van der Waals surface area contributed by atoms with Crippen molar-refractivity contribution in [1.29, 1.82) is 0 Å². The van der Waals surface area contributed by atoms with Crippen LogP contribution in [-0.2, 0) is 4.74 Å². The summed E-state index contributed by atoms with van der Waals surface area (Å²) in [6.45, 7) is 4.49. The summed E-state index contributed by atoms with van der Waals surface area (Å²) in [4.78, 5) is 11.4. The lowest BCUT2D eigenvalue weighted by Crippen LogP contribution is -2.25. The van der Waals surface area contributed by atoms with Crippen LogP contribution in [0, 0.1) is 0 Å². The molecule has 0 aliphatic carbocycles. The number of nitrogens with two attached hydrogens (primary N) is 1. The fourth-order valence-electron chi connectivity index (χ4n) is 1.47. The minimum atomic E-state index is -0.225. The summed E-state index contributed by atoms with van der Waals surface area (Å²) in [5, 5.41) is 2.55. The van der Waals surface area contributed by atoms with E-state index in [0.717, 1.165) is 6.42 Å². The van der Waals surface area contributed by atoms with Crippen molar-refractivity contribution in [2.24, 2.45) is 0 Å². The van der Waals surface area contributed by atoms with Crippen LogP contribution in [-0.4, -0.2) is 32.3 Å². The lowest BCUT2D eigenvalue weighted by atomic mass is 10.1. The van der Waals surface area contributed by atoms with Gasteiger partial charge in [-0.25, -0.2) is 0 Å². The molecule has 0 saturated carbocycles. The minimum Gasteiger partial charge on any atom is -0.491 e. The SMILES string of the molecule is CNC(=O)c1ccc(OCCC(C)(C)OC)c(N)c1. The van der Waals surface area contributed by atoms with E-state index >= 15 is 0 Å². The van der Waals surface area contributed by atoms with Crippen LogP contribution in [0.1, 0.15) is 30.6 Å². The molecule has 0 heterocycles. The molecule has 19 heavy (non-hydrogen) atoms. The van der Waals surface area contributed by atoms with Crippen LogP contribution < -0.4 is 15.8 Å². The van der Waals surface area contributed by atoms with Crippen LogP contribution in [0.4, 0.5) is 5.69 Å². The van der Waals surface area contributed by atoms with E-state index in [0.29, 0.717) is 23.6 Å². The Morgan fingerprint density at radius 1 is 1.42 bits per heavy atom. The summed E-state index contributed by atoms with van der Waals surface area (Å²) in [5.41, 5.74) is 6.61. The summed E-state index contributed by atoms with van der Waals surface area (Å²) in [7, 11) is 3.25. The van der Waals surface area contributed by atoms with Gasteiger partial charge in [-0.05, 0) is 32.0 Å². The molecule has 106 valence electrons. The highest BCUT2D eigenvalue weighted by Gasteiger charge is 2.16. The molecule has 5 nitrogen and oxygen atoms in total. The van der Waals surface area contributed by atoms with Gasteiger partial charge in [0.15, 0.2) is 0 Å². The topological polar surface area (TPSA) is 73.6 Å². The number of rotatable bonds is 6. The smallest absolute Gasteiger partial charge is 0.251 e. The molecule has 0 spiro atoms. The summed E-state index contributed by atoms with van der Waals surface area (Å²) < 4.78 is 10.9. The van der Waals surface area contributed by atoms with Crippen molar-refractivity contribution in [1.82, 2.24) is 5.32 Å². The van der Waals surface area contributed by atoms with E-state index in [1.54, 1.807) is 32.4 Å². The maximum Gasteiger partial charge on any atom is 0.251 e. The van der Waals surface area contributed by atoms with Crippen molar-refractivity contribution in [2.45, 2.75) is 25.9 Å². The van der Waals surface area contributed by atoms with Crippen molar-refractivity contribution in [3.05, 3.63) is 23.8 Å². The van der Waals surface area contributed by atoms with Gasteiger partial charge in [0.05, 0.1) is 17.9 Å². The molecule has 1 rings (SSSR count). The molecular weight excluding hydrogens is 244 g/mol. The van der Waals surface area contributed by atoms with Gasteiger partial charge in [0.25, 0.3) is 5.91 Å². The van der Waals surface area contributed by atoms with Gasteiger partial charge in [-0.2, -0.15) is 0 Å². The summed E-state index contributed by atoms with van der Waals surface area (Å²) in [5.74, 6) is 0.415. The van der Waals surface area contributed by atoms with Gasteiger partial charge < -0.3 is 20.5 Å². The molecule has 1 amide bonds. The van der Waals surface area contributed by atoms with E-state index in [9.17, 15) is 4.79 Å². The molecular formula is C14H22N2O3. The highest BCUT2D eigenvalue weighted by Crippen LogP contribution is 2.23. The number of nitrogen functional groups attached to an aromatic ring is 1. The Morgan fingerprint density at radius 2 is 2.11 bits per heavy atom. The number of carbonyl (C=O) groups excluding carboxylic acids is 1. The zero-order valence-corrected chi connectivity index (χ0v) is 11.9. The predicted molar refractivity (Wildman–Crippen MR) is 75.4 cm³/mol. The third kappa shape index (κ3) is 4.44. The van der Waals surface area contributed by atoms with Crippen LogP contribution in [0.2, 0.25) is 0 Å². The maximum atomic E-state index is 11.4. The number of hydrogen-bond acceptors (Lipinski definition) is 4. The van der Waals surface area contributed by atoms with E-state index in [2.05, 4.69) is 5.32 Å².